The predicted octanol–water partition coefficient (Wildman–Crippen LogP) is 0.546. The van der Waals surface area contributed by atoms with E-state index in [1.807, 2.05) is 0 Å². The summed E-state index contributed by atoms with van der Waals surface area (Å²) in [6, 6.07) is -0.192. The van der Waals surface area contributed by atoms with Crippen LogP contribution in [-0.4, -0.2) is 69.1 Å². The van der Waals surface area contributed by atoms with Gasteiger partial charge in [0.1, 0.15) is 0 Å². The van der Waals surface area contributed by atoms with Crippen LogP contribution in [0.1, 0.15) is 19.3 Å². The van der Waals surface area contributed by atoms with E-state index in [2.05, 4.69) is 5.32 Å². The highest BCUT2D eigenvalue weighted by molar-refractivity contribution is 5.73. The van der Waals surface area contributed by atoms with Gasteiger partial charge in [-0.25, -0.2) is 4.79 Å². The fourth-order valence-corrected chi connectivity index (χ4v) is 1.32. The molecule has 19 heavy (non-hydrogen) atoms. The molecule has 0 aromatic carbocycles. The normalized spacial score (nSPS) is 10.2. The second-order valence-electron chi connectivity index (χ2n) is 4.11. The molecule has 0 atom stereocenters. The molecule has 0 aliphatic heterocycles. The number of carbonyl (C=O) groups is 2. The number of methoxy groups -OCH3 is 1. The van der Waals surface area contributed by atoms with Gasteiger partial charge in [0, 0.05) is 40.3 Å². The highest BCUT2D eigenvalue weighted by atomic mass is 16.5. The third-order valence-electron chi connectivity index (χ3n) is 2.40. The maximum atomic E-state index is 11.6. The molecule has 7 heteroatoms. The van der Waals surface area contributed by atoms with Crippen molar-refractivity contribution in [2.45, 2.75) is 19.3 Å². The third-order valence-corrected chi connectivity index (χ3v) is 2.40. The first-order valence-electron chi connectivity index (χ1n) is 6.35. The van der Waals surface area contributed by atoms with Gasteiger partial charge in [0.05, 0.1) is 13.2 Å². The predicted molar refractivity (Wildman–Crippen MR) is 70.2 cm³/mol. The topological polar surface area (TPSA) is 88.1 Å². The molecule has 0 aliphatic rings. The average Bonchev–Trinajstić information content (AvgIpc) is 2.36. The van der Waals surface area contributed by atoms with Gasteiger partial charge in [-0.15, -0.1) is 0 Å². The van der Waals surface area contributed by atoms with Gasteiger partial charge in [0.2, 0.25) is 0 Å². The summed E-state index contributed by atoms with van der Waals surface area (Å²) in [7, 11) is 3.26. The van der Waals surface area contributed by atoms with Gasteiger partial charge in [-0.2, -0.15) is 0 Å². The van der Waals surface area contributed by atoms with Crippen LogP contribution in [0.25, 0.3) is 0 Å². The molecule has 0 fully saturated rings. The van der Waals surface area contributed by atoms with Crippen LogP contribution < -0.4 is 5.32 Å². The Morgan fingerprint density at radius 2 is 1.95 bits per heavy atom. The molecule has 0 saturated heterocycles. The summed E-state index contributed by atoms with van der Waals surface area (Å²) in [6.45, 7) is 2.67. The lowest BCUT2D eigenvalue weighted by Crippen LogP contribution is -2.38. The van der Waals surface area contributed by atoms with E-state index in [4.69, 9.17) is 14.6 Å². The molecule has 0 bridgehead atoms. The molecule has 0 heterocycles. The van der Waals surface area contributed by atoms with Crippen LogP contribution in [0.4, 0.5) is 4.79 Å². The zero-order chi connectivity index (χ0) is 14.5. The summed E-state index contributed by atoms with van der Waals surface area (Å²) in [4.78, 5) is 23.4. The molecule has 0 aromatic rings. The number of carboxylic acid groups (broad SMARTS) is 1. The number of nitrogens with zero attached hydrogens (tertiary/aromatic N) is 1. The van der Waals surface area contributed by atoms with Crippen LogP contribution in [0.5, 0.6) is 0 Å². The summed E-state index contributed by atoms with van der Waals surface area (Å²) in [6.07, 6.45) is 1.27. The van der Waals surface area contributed by atoms with Gasteiger partial charge in [0.25, 0.3) is 0 Å². The van der Waals surface area contributed by atoms with Gasteiger partial charge < -0.3 is 24.8 Å². The second-order valence-corrected chi connectivity index (χ2v) is 4.11. The number of aliphatic carboxylic acids is 1. The number of ether oxygens (including phenoxy) is 2. The Balaban J connectivity index is 3.43. The monoisotopic (exact) mass is 276 g/mol. The molecule has 7 nitrogen and oxygen atoms in total. The van der Waals surface area contributed by atoms with Crippen molar-refractivity contribution in [3.8, 4) is 0 Å². The number of urea groups is 1. The highest BCUT2D eigenvalue weighted by Gasteiger charge is 2.07. The number of nitrogens with one attached hydrogen (secondary N) is 1. The molecule has 2 N–H and O–H groups in total. The molecule has 0 spiro atoms. The molecular formula is C12H24N2O5. The third kappa shape index (κ3) is 11.5. The van der Waals surface area contributed by atoms with Crippen molar-refractivity contribution in [1.29, 1.82) is 0 Å². The number of hydrogen-bond donors (Lipinski definition) is 2. The Kier molecular flexibility index (Phi) is 10.9. The maximum Gasteiger partial charge on any atom is 0.317 e. The van der Waals surface area contributed by atoms with Gasteiger partial charge in [-0.1, -0.05) is 0 Å². The van der Waals surface area contributed by atoms with E-state index in [0.29, 0.717) is 39.3 Å². The van der Waals surface area contributed by atoms with Crippen LogP contribution in [0, 0.1) is 0 Å². The SMILES string of the molecule is COCCOCCCNC(=O)N(C)CCCC(=O)O. The Morgan fingerprint density at radius 3 is 2.58 bits per heavy atom. The van der Waals surface area contributed by atoms with E-state index in [1.54, 1.807) is 14.2 Å². The minimum atomic E-state index is -0.845. The molecule has 0 aromatic heterocycles. The molecule has 112 valence electrons. The zero-order valence-electron chi connectivity index (χ0n) is 11.7. The van der Waals surface area contributed by atoms with Crippen molar-refractivity contribution in [2.24, 2.45) is 0 Å². The standard InChI is InChI=1S/C12H24N2O5/c1-14(7-3-5-11(15)16)12(17)13-6-4-8-19-10-9-18-2/h3-10H2,1-2H3,(H,13,17)(H,15,16). The van der Waals surface area contributed by atoms with E-state index in [9.17, 15) is 9.59 Å². The number of amides is 2. The molecular weight excluding hydrogens is 252 g/mol. The summed E-state index contributed by atoms with van der Waals surface area (Å²) < 4.78 is 10.1. The van der Waals surface area contributed by atoms with Crippen LogP contribution in [0.3, 0.4) is 0 Å². The van der Waals surface area contributed by atoms with Gasteiger partial charge >= 0.3 is 12.0 Å². The molecule has 0 saturated carbocycles. The molecule has 2 amide bonds. The minimum Gasteiger partial charge on any atom is -0.481 e. The number of carbonyl (C=O) groups excluding carboxylic acids is 1. The Hall–Kier alpha value is -1.34. The Bertz CT molecular complexity index is 261. The maximum absolute atomic E-state index is 11.6. The van der Waals surface area contributed by atoms with E-state index in [-0.39, 0.29) is 12.5 Å². The van der Waals surface area contributed by atoms with Gasteiger partial charge in [-0.05, 0) is 12.8 Å². The van der Waals surface area contributed by atoms with Gasteiger partial charge in [-0.3, -0.25) is 4.79 Å². The molecule has 0 radical (unpaired) electrons. The Labute approximate surface area is 113 Å². The Morgan fingerprint density at radius 1 is 1.21 bits per heavy atom. The second kappa shape index (κ2) is 11.7. The lowest BCUT2D eigenvalue weighted by atomic mass is 10.3. The van der Waals surface area contributed by atoms with Crippen molar-refractivity contribution >= 4 is 12.0 Å². The van der Waals surface area contributed by atoms with Crippen LogP contribution in [-0.2, 0) is 14.3 Å². The summed E-state index contributed by atoms with van der Waals surface area (Å²) >= 11 is 0. The van der Waals surface area contributed by atoms with Crippen molar-refractivity contribution in [3.05, 3.63) is 0 Å². The van der Waals surface area contributed by atoms with E-state index >= 15 is 0 Å². The lowest BCUT2D eigenvalue weighted by molar-refractivity contribution is -0.137. The summed E-state index contributed by atoms with van der Waals surface area (Å²) in [5.41, 5.74) is 0. The first-order valence-corrected chi connectivity index (χ1v) is 6.35. The zero-order valence-corrected chi connectivity index (χ0v) is 11.7. The van der Waals surface area contributed by atoms with Crippen molar-refractivity contribution in [1.82, 2.24) is 10.2 Å². The number of rotatable bonds is 11. The average molecular weight is 276 g/mol. The first-order chi connectivity index (χ1) is 9.07. The molecule has 0 rings (SSSR count). The van der Waals surface area contributed by atoms with E-state index in [0.717, 1.165) is 6.42 Å². The number of hydrogen-bond acceptors (Lipinski definition) is 4. The highest BCUT2D eigenvalue weighted by Crippen LogP contribution is 1.93. The van der Waals surface area contributed by atoms with Crippen LogP contribution in [0.2, 0.25) is 0 Å². The molecule has 0 aliphatic carbocycles. The van der Waals surface area contributed by atoms with E-state index in [1.165, 1.54) is 4.90 Å². The van der Waals surface area contributed by atoms with Gasteiger partial charge in [0.15, 0.2) is 0 Å². The van der Waals surface area contributed by atoms with Crippen molar-refractivity contribution < 1.29 is 24.2 Å². The molecule has 0 unspecified atom stereocenters. The first kappa shape index (κ1) is 17.7. The smallest absolute Gasteiger partial charge is 0.317 e. The van der Waals surface area contributed by atoms with Crippen molar-refractivity contribution in [3.63, 3.8) is 0 Å². The minimum absolute atomic E-state index is 0.0744. The summed E-state index contributed by atoms with van der Waals surface area (Å²) in [5.74, 6) is -0.845. The van der Waals surface area contributed by atoms with Crippen LogP contribution in [0.15, 0.2) is 0 Å². The largest absolute Gasteiger partial charge is 0.481 e. The summed E-state index contributed by atoms with van der Waals surface area (Å²) in [5, 5.41) is 11.2. The fourth-order valence-electron chi connectivity index (χ4n) is 1.32. The fraction of sp³-hybridized carbons (Fsp3) is 0.833. The lowest BCUT2D eigenvalue weighted by Gasteiger charge is -2.17. The quantitative estimate of drug-likeness (QED) is 0.538. The van der Waals surface area contributed by atoms with Crippen molar-refractivity contribution in [2.75, 3.05) is 47.1 Å². The number of carboxylic acids is 1. The van der Waals surface area contributed by atoms with E-state index < -0.39 is 5.97 Å². The van der Waals surface area contributed by atoms with Crippen LogP contribution >= 0.6 is 0 Å².